The Morgan fingerprint density at radius 3 is 2.71 bits per heavy atom. The molecule has 0 saturated carbocycles. The molecule has 2 N–H and O–H groups in total. The number of rotatable bonds is 5. The van der Waals surface area contributed by atoms with E-state index in [-0.39, 0.29) is 18.2 Å². The zero-order valence-corrected chi connectivity index (χ0v) is 12.7. The van der Waals surface area contributed by atoms with Crippen molar-refractivity contribution in [3.63, 3.8) is 0 Å². The Kier molecular flexibility index (Phi) is 4.62. The predicted molar refractivity (Wildman–Crippen MR) is 89.3 cm³/mol. The zero-order chi connectivity index (χ0) is 16.8. The number of amides is 1. The van der Waals surface area contributed by atoms with Crippen molar-refractivity contribution >= 4 is 12.1 Å². The highest BCUT2D eigenvalue weighted by Crippen LogP contribution is 2.14. The lowest BCUT2D eigenvalue weighted by Crippen LogP contribution is -2.23. The topological polar surface area (TPSA) is 92.4 Å². The zero-order valence-electron chi connectivity index (χ0n) is 12.7. The van der Waals surface area contributed by atoms with Gasteiger partial charge in [0.15, 0.2) is 0 Å². The van der Waals surface area contributed by atoms with Gasteiger partial charge in [0.2, 0.25) is 0 Å². The van der Waals surface area contributed by atoms with Gasteiger partial charge in [-0.25, -0.2) is 10.1 Å². The molecule has 1 aromatic heterocycles. The monoisotopic (exact) mass is 321 g/mol. The van der Waals surface area contributed by atoms with E-state index in [0.717, 1.165) is 5.56 Å². The van der Waals surface area contributed by atoms with E-state index in [2.05, 4.69) is 20.8 Å². The highest BCUT2D eigenvalue weighted by Gasteiger charge is 2.06. The van der Waals surface area contributed by atoms with Gasteiger partial charge in [-0.3, -0.25) is 4.79 Å². The minimum Gasteiger partial charge on any atom is -0.507 e. The fourth-order valence-corrected chi connectivity index (χ4v) is 2.07. The number of phenols is 1. The molecule has 7 heteroatoms. The van der Waals surface area contributed by atoms with E-state index >= 15 is 0 Å². The number of benzene rings is 2. The molecule has 120 valence electrons. The molecule has 0 saturated heterocycles. The van der Waals surface area contributed by atoms with Gasteiger partial charge in [0.25, 0.3) is 5.91 Å². The van der Waals surface area contributed by atoms with Crippen molar-refractivity contribution in [1.29, 1.82) is 0 Å². The van der Waals surface area contributed by atoms with Crippen molar-refractivity contribution in [1.82, 2.24) is 20.4 Å². The largest absolute Gasteiger partial charge is 0.507 e. The molecule has 0 atom stereocenters. The first-order valence-corrected chi connectivity index (χ1v) is 7.28. The molecule has 1 amide bonds. The van der Waals surface area contributed by atoms with Crippen LogP contribution >= 0.6 is 0 Å². The van der Waals surface area contributed by atoms with Gasteiger partial charge in [-0.2, -0.15) is 5.10 Å². The second-order valence-electron chi connectivity index (χ2n) is 5.02. The maximum Gasteiger partial charge on any atom is 0.261 e. The summed E-state index contributed by atoms with van der Waals surface area (Å²) >= 11 is 0. The third-order valence-corrected chi connectivity index (χ3v) is 3.24. The second-order valence-corrected chi connectivity index (χ2v) is 5.02. The fourth-order valence-electron chi connectivity index (χ4n) is 2.07. The molecule has 0 radical (unpaired) electrons. The summed E-state index contributed by atoms with van der Waals surface area (Å²) < 4.78 is 1.44. The van der Waals surface area contributed by atoms with Crippen molar-refractivity contribution in [3.05, 3.63) is 66.4 Å². The van der Waals surface area contributed by atoms with E-state index in [1.807, 2.05) is 30.3 Å². The maximum absolute atomic E-state index is 11.9. The van der Waals surface area contributed by atoms with Gasteiger partial charge in [-0.05, 0) is 12.1 Å². The first-order chi connectivity index (χ1) is 11.7. The first-order valence-electron chi connectivity index (χ1n) is 7.28. The Morgan fingerprint density at radius 2 is 1.92 bits per heavy atom. The number of hydrogen-bond acceptors (Lipinski definition) is 5. The molecular weight excluding hydrogens is 306 g/mol. The van der Waals surface area contributed by atoms with Crippen molar-refractivity contribution in [2.24, 2.45) is 5.10 Å². The van der Waals surface area contributed by atoms with Crippen LogP contribution in [0.4, 0.5) is 0 Å². The summed E-state index contributed by atoms with van der Waals surface area (Å²) in [6, 6.07) is 16.3. The van der Waals surface area contributed by atoms with E-state index in [1.54, 1.807) is 30.5 Å². The van der Waals surface area contributed by atoms with E-state index in [4.69, 9.17) is 0 Å². The van der Waals surface area contributed by atoms with Crippen LogP contribution in [0.1, 0.15) is 5.56 Å². The Bertz CT molecular complexity index is 858. The molecule has 24 heavy (non-hydrogen) atoms. The van der Waals surface area contributed by atoms with Crippen LogP contribution in [0.2, 0.25) is 0 Å². The molecule has 0 aliphatic rings. The molecular formula is C17H15N5O2. The van der Waals surface area contributed by atoms with Crippen LogP contribution < -0.4 is 5.43 Å². The number of para-hydroxylation sites is 1. The van der Waals surface area contributed by atoms with Crippen LogP contribution in [-0.2, 0) is 11.3 Å². The van der Waals surface area contributed by atoms with Crippen LogP contribution in [0.3, 0.4) is 0 Å². The Hall–Kier alpha value is -3.48. The van der Waals surface area contributed by atoms with Gasteiger partial charge in [0.05, 0.1) is 12.4 Å². The quantitative estimate of drug-likeness (QED) is 0.553. The van der Waals surface area contributed by atoms with Crippen LogP contribution in [0.5, 0.6) is 5.75 Å². The summed E-state index contributed by atoms with van der Waals surface area (Å²) in [6.07, 6.45) is 3.08. The standard InChI is InChI=1S/C17H15N5O2/c23-16-9-5-4-8-14(16)10-18-20-17(24)12-22-11-15(19-21-22)13-6-2-1-3-7-13/h1-11,23H,12H2,(H,20,24). The molecule has 3 rings (SSSR count). The average molecular weight is 321 g/mol. The van der Waals surface area contributed by atoms with Gasteiger partial charge >= 0.3 is 0 Å². The Morgan fingerprint density at radius 1 is 1.17 bits per heavy atom. The average Bonchev–Trinajstić information content (AvgIpc) is 3.06. The van der Waals surface area contributed by atoms with E-state index in [0.29, 0.717) is 11.3 Å². The molecule has 0 fully saturated rings. The normalized spacial score (nSPS) is 10.8. The Balaban J connectivity index is 1.58. The summed E-state index contributed by atoms with van der Waals surface area (Å²) in [5.41, 5.74) is 4.53. The molecule has 0 unspecified atom stereocenters. The summed E-state index contributed by atoms with van der Waals surface area (Å²) in [5, 5.41) is 21.4. The Labute approximate surface area is 138 Å². The van der Waals surface area contributed by atoms with Gasteiger partial charge < -0.3 is 5.11 Å². The molecule has 0 aliphatic carbocycles. The van der Waals surface area contributed by atoms with Crippen LogP contribution in [-0.4, -0.2) is 32.2 Å². The van der Waals surface area contributed by atoms with Gasteiger partial charge in [-0.1, -0.05) is 47.7 Å². The third-order valence-electron chi connectivity index (χ3n) is 3.24. The SMILES string of the molecule is O=C(Cn1cc(-c2ccccc2)nn1)NN=Cc1ccccc1O. The van der Waals surface area contributed by atoms with Crippen molar-refractivity contribution in [2.45, 2.75) is 6.54 Å². The van der Waals surface area contributed by atoms with Crippen molar-refractivity contribution in [2.75, 3.05) is 0 Å². The molecule has 0 aliphatic heterocycles. The summed E-state index contributed by atoms with van der Waals surface area (Å²) in [6.45, 7) is -0.00204. The number of hydrazone groups is 1. The summed E-state index contributed by atoms with van der Waals surface area (Å²) in [5.74, 6) is -0.245. The number of hydrogen-bond donors (Lipinski definition) is 2. The van der Waals surface area contributed by atoms with E-state index in [9.17, 15) is 9.90 Å². The van der Waals surface area contributed by atoms with Crippen molar-refractivity contribution < 1.29 is 9.90 Å². The number of phenolic OH excluding ortho intramolecular Hbond substituents is 1. The highest BCUT2D eigenvalue weighted by molar-refractivity contribution is 5.84. The lowest BCUT2D eigenvalue weighted by atomic mass is 10.2. The van der Waals surface area contributed by atoms with Gasteiger partial charge in [0, 0.05) is 11.1 Å². The molecule has 1 heterocycles. The second kappa shape index (κ2) is 7.19. The third kappa shape index (κ3) is 3.83. The van der Waals surface area contributed by atoms with Gasteiger partial charge in [-0.15, -0.1) is 5.10 Å². The van der Waals surface area contributed by atoms with E-state index in [1.165, 1.54) is 10.9 Å². The van der Waals surface area contributed by atoms with E-state index < -0.39 is 0 Å². The lowest BCUT2D eigenvalue weighted by Gasteiger charge is -2.00. The highest BCUT2D eigenvalue weighted by atomic mass is 16.3. The number of aromatic nitrogens is 3. The number of carbonyl (C=O) groups excluding carboxylic acids is 1. The maximum atomic E-state index is 11.9. The lowest BCUT2D eigenvalue weighted by molar-refractivity contribution is -0.121. The molecule has 0 spiro atoms. The number of aromatic hydroxyl groups is 1. The van der Waals surface area contributed by atoms with Crippen LogP contribution in [0.25, 0.3) is 11.3 Å². The molecule has 7 nitrogen and oxygen atoms in total. The number of nitrogens with zero attached hydrogens (tertiary/aromatic N) is 4. The van der Waals surface area contributed by atoms with Crippen LogP contribution in [0.15, 0.2) is 65.9 Å². The summed E-state index contributed by atoms with van der Waals surface area (Å²) in [7, 11) is 0. The summed E-state index contributed by atoms with van der Waals surface area (Å²) in [4.78, 5) is 11.9. The predicted octanol–water partition coefficient (Wildman–Crippen LogP) is 1.80. The smallest absolute Gasteiger partial charge is 0.261 e. The molecule has 0 bridgehead atoms. The number of nitrogens with one attached hydrogen (secondary N) is 1. The number of carbonyl (C=O) groups is 1. The molecule has 3 aromatic rings. The first kappa shape index (κ1) is 15.4. The molecule has 2 aromatic carbocycles. The van der Waals surface area contributed by atoms with Gasteiger partial charge in [0.1, 0.15) is 18.0 Å². The fraction of sp³-hybridized carbons (Fsp3) is 0.0588. The minimum atomic E-state index is -0.341. The van der Waals surface area contributed by atoms with Crippen LogP contribution in [0, 0.1) is 0 Å². The minimum absolute atomic E-state index is 0.00204. The van der Waals surface area contributed by atoms with Crippen molar-refractivity contribution in [3.8, 4) is 17.0 Å².